The van der Waals surface area contributed by atoms with Crippen LogP contribution in [-0.2, 0) is 6.54 Å². The van der Waals surface area contributed by atoms with Gasteiger partial charge in [0.05, 0.1) is 0 Å². The van der Waals surface area contributed by atoms with Crippen LogP contribution < -0.4 is 10.2 Å². The highest BCUT2D eigenvalue weighted by Crippen LogP contribution is 2.29. The molecular formula is C17H27ClN2. The number of hydrogen-bond donors (Lipinski definition) is 1. The second-order valence-electron chi connectivity index (χ2n) is 5.98. The highest BCUT2D eigenvalue weighted by atomic mass is 35.5. The van der Waals surface area contributed by atoms with Crippen molar-refractivity contribution >= 4 is 17.3 Å². The van der Waals surface area contributed by atoms with Gasteiger partial charge in [-0.2, -0.15) is 0 Å². The van der Waals surface area contributed by atoms with E-state index in [-0.39, 0.29) is 0 Å². The average Bonchev–Trinajstić information content (AvgIpc) is 2.92. The normalized spacial score (nSPS) is 15.8. The van der Waals surface area contributed by atoms with Gasteiger partial charge in [-0.05, 0) is 55.5 Å². The Hall–Kier alpha value is -0.730. The van der Waals surface area contributed by atoms with Crippen LogP contribution in [-0.4, -0.2) is 20.1 Å². The molecule has 0 atom stereocenters. The second-order valence-corrected chi connectivity index (χ2v) is 6.42. The molecule has 1 saturated carbocycles. The summed E-state index contributed by atoms with van der Waals surface area (Å²) in [6.45, 7) is 5.32. The van der Waals surface area contributed by atoms with Crippen molar-refractivity contribution in [2.45, 2.75) is 45.6 Å². The minimum atomic E-state index is 0.830. The van der Waals surface area contributed by atoms with Gasteiger partial charge in [-0.25, -0.2) is 0 Å². The van der Waals surface area contributed by atoms with Gasteiger partial charge in [0.15, 0.2) is 0 Å². The van der Waals surface area contributed by atoms with E-state index in [1.54, 1.807) is 0 Å². The van der Waals surface area contributed by atoms with E-state index >= 15 is 0 Å². The van der Waals surface area contributed by atoms with Gasteiger partial charge in [0.2, 0.25) is 0 Å². The molecule has 3 heteroatoms. The van der Waals surface area contributed by atoms with Gasteiger partial charge in [0, 0.05) is 30.8 Å². The highest BCUT2D eigenvalue weighted by Gasteiger charge is 2.18. The van der Waals surface area contributed by atoms with Gasteiger partial charge in [-0.1, -0.05) is 31.4 Å². The largest absolute Gasteiger partial charge is 0.374 e. The second kappa shape index (κ2) is 7.90. The van der Waals surface area contributed by atoms with Crippen molar-refractivity contribution in [3.63, 3.8) is 0 Å². The third-order valence-electron chi connectivity index (χ3n) is 4.20. The summed E-state index contributed by atoms with van der Waals surface area (Å²) in [6, 6.07) is 6.27. The number of nitrogens with zero attached hydrogens (tertiary/aromatic N) is 1. The summed E-state index contributed by atoms with van der Waals surface area (Å²) in [4.78, 5) is 2.41. The van der Waals surface area contributed by atoms with Crippen molar-refractivity contribution in [1.29, 1.82) is 0 Å². The summed E-state index contributed by atoms with van der Waals surface area (Å²) in [7, 11) is 2.21. The lowest BCUT2D eigenvalue weighted by molar-refractivity contribution is 0.545. The van der Waals surface area contributed by atoms with E-state index in [1.807, 2.05) is 6.07 Å². The van der Waals surface area contributed by atoms with Gasteiger partial charge < -0.3 is 10.2 Å². The van der Waals surface area contributed by atoms with Crippen LogP contribution in [0.2, 0.25) is 5.02 Å². The smallest absolute Gasteiger partial charge is 0.0410 e. The number of nitrogens with one attached hydrogen (secondary N) is 1. The summed E-state index contributed by atoms with van der Waals surface area (Å²) in [5, 5.41) is 4.31. The fourth-order valence-corrected chi connectivity index (χ4v) is 3.34. The molecule has 0 amide bonds. The first-order chi connectivity index (χ1) is 9.70. The monoisotopic (exact) mass is 294 g/mol. The van der Waals surface area contributed by atoms with Gasteiger partial charge in [-0.15, -0.1) is 0 Å². The van der Waals surface area contributed by atoms with Gasteiger partial charge in [0.1, 0.15) is 0 Å². The Labute approximate surface area is 128 Å². The van der Waals surface area contributed by atoms with E-state index in [0.717, 1.165) is 30.5 Å². The molecular weight excluding hydrogens is 268 g/mol. The number of hydrogen-bond acceptors (Lipinski definition) is 2. The molecule has 0 aliphatic heterocycles. The number of anilines is 1. The molecule has 0 heterocycles. The third kappa shape index (κ3) is 4.39. The Balaban J connectivity index is 2.03. The van der Waals surface area contributed by atoms with Crippen molar-refractivity contribution in [3.05, 3.63) is 28.8 Å². The summed E-state index contributed by atoms with van der Waals surface area (Å²) >= 11 is 6.16. The predicted molar refractivity (Wildman–Crippen MR) is 88.7 cm³/mol. The molecule has 20 heavy (non-hydrogen) atoms. The first-order valence-corrected chi connectivity index (χ1v) is 8.28. The van der Waals surface area contributed by atoms with Crippen molar-refractivity contribution in [3.8, 4) is 0 Å². The van der Waals surface area contributed by atoms with Gasteiger partial charge in [-0.3, -0.25) is 0 Å². The molecule has 112 valence electrons. The lowest BCUT2D eigenvalue weighted by Crippen LogP contribution is -2.26. The molecule has 2 nitrogen and oxygen atoms in total. The molecule has 1 N–H and O–H groups in total. The Bertz CT molecular complexity index is 413. The summed E-state index contributed by atoms with van der Waals surface area (Å²) in [5.41, 5.74) is 2.64. The summed E-state index contributed by atoms with van der Waals surface area (Å²) in [5.74, 6) is 0.868. The first-order valence-electron chi connectivity index (χ1n) is 7.91. The maximum Gasteiger partial charge on any atom is 0.0410 e. The van der Waals surface area contributed by atoms with Crippen LogP contribution in [0.15, 0.2) is 18.2 Å². The lowest BCUT2D eigenvalue weighted by atomic mass is 10.1. The van der Waals surface area contributed by atoms with E-state index in [1.165, 1.54) is 43.5 Å². The Kier molecular flexibility index (Phi) is 6.18. The molecule has 0 saturated heterocycles. The average molecular weight is 295 g/mol. The zero-order valence-electron chi connectivity index (χ0n) is 12.8. The van der Waals surface area contributed by atoms with E-state index in [2.05, 4.69) is 36.3 Å². The predicted octanol–water partition coefficient (Wildman–Crippen LogP) is 4.47. The van der Waals surface area contributed by atoms with Crippen LogP contribution in [0.25, 0.3) is 0 Å². The van der Waals surface area contributed by atoms with Crippen LogP contribution in [0, 0.1) is 5.92 Å². The molecule has 0 unspecified atom stereocenters. The minimum absolute atomic E-state index is 0.830. The van der Waals surface area contributed by atoms with E-state index < -0.39 is 0 Å². The fourth-order valence-electron chi connectivity index (χ4n) is 3.15. The molecule has 0 aromatic heterocycles. The Morgan fingerprint density at radius 3 is 2.75 bits per heavy atom. The fraction of sp³-hybridized carbons (Fsp3) is 0.647. The van der Waals surface area contributed by atoms with Crippen LogP contribution in [0.5, 0.6) is 0 Å². The molecule has 1 fully saturated rings. The van der Waals surface area contributed by atoms with Crippen molar-refractivity contribution in [1.82, 2.24) is 5.32 Å². The minimum Gasteiger partial charge on any atom is -0.374 e. The van der Waals surface area contributed by atoms with Crippen molar-refractivity contribution in [2.24, 2.45) is 5.92 Å². The maximum absolute atomic E-state index is 6.16. The summed E-state index contributed by atoms with van der Waals surface area (Å²) < 4.78 is 0. The molecule has 0 spiro atoms. The highest BCUT2D eigenvalue weighted by molar-refractivity contribution is 6.30. The first kappa shape index (κ1) is 15.7. The number of halogens is 1. The topological polar surface area (TPSA) is 15.3 Å². The molecule has 1 aliphatic rings. The molecule has 0 radical (unpaired) electrons. The van der Waals surface area contributed by atoms with E-state index in [4.69, 9.17) is 11.6 Å². The standard InChI is InChI=1S/C17H27ClN2/c1-3-10-19-12-15-11-16(18)8-9-17(15)20(2)13-14-6-4-5-7-14/h8-9,11,14,19H,3-7,10,12-13H2,1-2H3. The van der Waals surface area contributed by atoms with Crippen molar-refractivity contribution in [2.75, 3.05) is 25.0 Å². The van der Waals surface area contributed by atoms with Crippen LogP contribution in [0.1, 0.15) is 44.6 Å². The molecule has 2 rings (SSSR count). The SMILES string of the molecule is CCCNCc1cc(Cl)ccc1N(C)CC1CCCC1. The van der Waals surface area contributed by atoms with Crippen molar-refractivity contribution < 1.29 is 0 Å². The third-order valence-corrected chi connectivity index (χ3v) is 4.44. The zero-order valence-corrected chi connectivity index (χ0v) is 13.5. The van der Waals surface area contributed by atoms with Crippen LogP contribution in [0.4, 0.5) is 5.69 Å². The van der Waals surface area contributed by atoms with Crippen LogP contribution in [0.3, 0.4) is 0 Å². The molecule has 1 aliphatic carbocycles. The number of benzene rings is 1. The maximum atomic E-state index is 6.16. The summed E-state index contributed by atoms with van der Waals surface area (Å²) in [6.07, 6.45) is 6.75. The van der Waals surface area contributed by atoms with Gasteiger partial charge in [0.25, 0.3) is 0 Å². The Morgan fingerprint density at radius 1 is 1.30 bits per heavy atom. The molecule has 1 aromatic carbocycles. The zero-order chi connectivity index (χ0) is 14.4. The van der Waals surface area contributed by atoms with E-state index in [0.29, 0.717) is 0 Å². The quantitative estimate of drug-likeness (QED) is 0.747. The van der Waals surface area contributed by atoms with Crippen LogP contribution >= 0.6 is 11.6 Å². The molecule has 0 bridgehead atoms. The van der Waals surface area contributed by atoms with E-state index in [9.17, 15) is 0 Å². The Morgan fingerprint density at radius 2 is 2.05 bits per heavy atom. The lowest BCUT2D eigenvalue weighted by Gasteiger charge is -2.26. The number of rotatable bonds is 7. The van der Waals surface area contributed by atoms with Gasteiger partial charge >= 0.3 is 0 Å². The molecule has 1 aromatic rings.